The summed E-state index contributed by atoms with van der Waals surface area (Å²) in [6, 6.07) is 0.378. The summed E-state index contributed by atoms with van der Waals surface area (Å²) in [5.41, 5.74) is 1.07. The molecule has 0 fully saturated rings. The third-order valence-corrected chi connectivity index (χ3v) is 3.34. The predicted octanol–water partition coefficient (Wildman–Crippen LogP) is 2.34. The topological polar surface area (TPSA) is 49.3 Å². The van der Waals surface area contributed by atoms with Crippen LogP contribution in [0, 0.1) is 0 Å². The summed E-state index contributed by atoms with van der Waals surface area (Å²) >= 11 is 1.72. The Morgan fingerprint density at radius 3 is 2.59 bits per heavy atom. The van der Waals surface area contributed by atoms with Crippen LogP contribution in [-0.2, 0) is 6.54 Å². The van der Waals surface area contributed by atoms with E-state index in [1.54, 1.807) is 18.4 Å². The van der Waals surface area contributed by atoms with Crippen LogP contribution in [0.15, 0.2) is 10.4 Å². The van der Waals surface area contributed by atoms with Gasteiger partial charge in [0.2, 0.25) is 0 Å². The van der Waals surface area contributed by atoms with E-state index in [0.29, 0.717) is 12.0 Å². The quantitative estimate of drug-likeness (QED) is 0.640. The first-order valence-electron chi connectivity index (χ1n) is 5.94. The molecular formula is C12H22N4S. The van der Waals surface area contributed by atoms with Crippen molar-refractivity contribution in [1.82, 2.24) is 15.6 Å². The van der Waals surface area contributed by atoms with Crippen LogP contribution in [0.5, 0.6) is 0 Å². The van der Waals surface area contributed by atoms with Crippen molar-refractivity contribution in [2.75, 3.05) is 7.05 Å². The van der Waals surface area contributed by atoms with E-state index in [2.05, 4.69) is 53.7 Å². The van der Waals surface area contributed by atoms with Gasteiger partial charge in [-0.25, -0.2) is 4.98 Å². The van der Waals surface area contributed by atoms with Crippen LogP contribution < -0.4 is 10.6 Å². The summed E-state index contributed by atoms with van der Waals surface area (Å²) in [4.78, 5) is 8.72. The van der Waals surface area contributed by atoms with Crippen molar-refractivity contribution < 1.29 is 0 Å². The van der Waals surface area contributed by atoms with Crippen LogP contribution in [0.3, 0.4) is 0 Å². The lowest BCUT2D eigenvalue weighted by atomic mass is 10.2. The van der Waals surface area contributed by atoms with Crippen molar-refractivity contribution in [2.45, 2.75) is 46.2 Å². The average Bonchev–Trinajstić information content (AvgIpc) is 2.72. The molecule has 5 heteroatoms. The fourth-order valence-corrected chi connectivity index (χ4v) is 2.15. The number of nitrogens with zero attached hydrogens (tertiary/aromatic N) is 2. The molecule has 0 amide bonds. The van der Waals surface area contributed by atoms with E-state index < -0.39 is 0 Å². The summed E-state index contributed by atoms with van der Waals surface area (Å²) in [6.45, 7) is 9.22. The first kappa shape index (κ1) is 14.0. The van der Waals surface area contributed by atoms with Gasteiger partial charge in [0.25, 0.3) is 0 Å². The third-order valence-electron chi connectivity index (χ3n) is 2.15. The Bertz CT molecular complexity index is 368. The van der Waals surface area contributed by atoms with Gasteiger partial charge in [0.1, 0.15) is 0 Å². The molecule has 0 spiro atoms. The van der Waals surface area contributed by atoms with Crippen LogP contribution in [0.25, 0.3) is 0 Å². The van der Waals surface area contributed by atoms with E-state index in [-0.39, 0.29) is 0 Å². The Balaban J connectivity index is 2.48. The number of thiazole rings is 1. The monoisotopic (exact) mass is 254 g/mol. The van der Waals surface area contributed by atoms with Gasteiger partial charge in [0.15, 0.2) is 5.96 Å². The molecule has 1 aromatic rings. The van der Waals surface area contributed by atoms with Crippen LogP contribution in [-0.4, -0.2) is 24.0 Å². The number of nitrogens with one attached hydrogen (secondary N) is 2. The lowest BCUT2D eigenvalue weighted by Gasteiger charge is -2.13. The molecular weight excluding hydrogens is 232 g/mol. The van der Waals surface area contributed by atoms with E-state index >= 15 is 0 Å². The Hall–Kier alpha value is -1.10. The number of hydrogen-bond donors (Lipinski definition) is 2. The molecule has 0 atom stereocenters. The molecule has 0 saturated heterocycles. The fraction of sp³-hybridized carbons (Fsp3) is 0.667. The summed E-state index contributed by atoms with van der Waals surface area (Å²) in [5.74, 6) is 1.32. The summed E-state index contributed by atoms with van der Waals surface area (Å²) in [5, 5.41) is 9.79. The number of aromatic nitrogens is 1. The lowest BCUT2D eigenvalue weighted by Crippen LogP contribution is -2.40. The molecule has 2 N–H and O–H groups in total. The van der Waals surface area contributed by atoms with Crippen LogP contribution >= 0.6 is 11.3 Å². The second kappa shape index (κ2) is 6.59. The van der Waals surface area contributed by atoms with Crippen molar-refractivity contribution in [3.63, 3.8) is 0 Å². The number of aliphatic imine (C=N–C) groups is 1. The van der Waals surface area contributed by atoms with Gasteiger partial charge in [-0.1, -0.05) is 13.8 Å². The largest absolute Gasteiger partial charge is 0.354 e. The zero-order valence-electron chi connectivity index (χ0n) is 11.2. The molecule has 17 heavy (non-hydrogen) atoms. The second-order valence-corrected chi connectivity index (χ2v) is 5.45. The van der Waals surface area contributed by atoms with Crippen molar-refractivity contribution in [2.24, 2.45) is 4.99 Å². The molecule has 4 nitrogen and oxygen atoms in total. The standard InChI is InChI=1S/C12H22N4S/c1-8(2)11-16-10(7-17-11)6-14-12(13-5)15-9(3)4/h7-9H,6H2,1-5H3,(H2,13,14,15). The summed E-state index contributed by atoms with van der Waals surface area (Å²) in [7, 11) is 1.78. The highest BCUT2D eigenvalue weighted by atomic mass is 32.1. The highest BCUT2D eigenvalue weighted by molar-refractivity contribution is 7.09. The van der Waals surface area contributed by atoms with Crippen molar-refractivity contribution in [1.29, 1.82) is 0 Å². The van der Waals surface area contributed by atoms with Crippen LogP contribution in [0.1, 0.15) is 44.3 Å². The molecule has 0 unspecified atom stereocenters. The van der Waals surface area contributed by atoms with Gasteiger partial charge in [-0.3, -0.25) is 4.99 Å². The molecule has 96 valence electrons. The first-order valence-corrected chi connectivity index (χ1v) is 6.82. The van der Waals surface area contributed by atoms with E-state index in [1.165, 1.54) is 5.01 Å². The molecule has 0 aliphatic rings. The normalized spacial score (nSPS) is 12.3. The van der Waals surface area contributed by atoms with Crippen molar-refractivity contribution in [3.8, 4) is 0 Å². The van der Waals surface area contributed by atoms with Crippen LogP contribution in [0.2, 0.25) is 0 Å². The first-order chi connectivity index (χ1) is 8.02. The van der Waals surface area contributed by atoms with Gasteiger partial charge < -0.3 is 10.6 Å². The Morgan fingerprint density at radius 1 is 1.41 bits per heavy atom. The molecule has 0 aromatic carbocycles. The van der Waals surface area contributed by atoms with Crippen LogP contribution in [0.4, 0.5) is 0 Å². The zero-order chi connectivity index (χ0) is 12.8. The SMILES string of the molecule is CN=C(NCc1csc(C(C)C)n1)NC(C)C. The third kappa shape index (κ3) is 4.73. The molecule has 1 rings (SSSR count). The van der Waals surface area contributed by atoms with E-state index in [1.807, 2.05) is 0 Å². The highest BCUT2D eigenvalue weighted by Crippen LogP contribution is 2.18. The van der Waals surface area contributed by atoms with E-state index in [4.69, 9.17) is 0 Å². The lowest BCUT2D eigenvalue weighted by molar-refractivity contribution is 0.696. The predicted molar refractivity (Wildman–Crippen MR) is 74.7 cm³/mol. The van der Waals surface area contributed by atoms with Gasteiger partial charge in [0.05, 0.1) is 17.2 Å². The van der Waals surface area contributed by atoms with E-state index in [0.717, 1.165) is 18.2 Å². The van der Waals surface area contributed by atoms with Gasteiger partial charge in [0, 0.05) is 24.4 Å². The maximum absolute atomic E-state index is 4.57. The zero-order valence-corrected chi connectivity index (χ0v) is 12.1. The van der Waals surface area contributed by atoms with Crippen molar-refractivity contribution >= 4 is 17.3 Å². The minimum Gasteiger partial charge on any atom is -0.354 e. The van der Waals surface area contributed by atoms with Crippen molar-refractivity contribution in [3.05, 3.63) is 16.1 Å². The number of hydrogen-bond acceptors (Lipinski definition) is 3. The van der Waals surface area contributed by atoms with Gasteiger partial charge in [-0.15, -0.1) is 11.3 Å². The van der Waals surface area contributed by atoms with Gasteiger partial charge in [-0.2, -0.15) is 0 Å². The molecule has 0 aliphatic carbocycles. The Kier molecular flexibility index (Phi) is 5.41. The number of guanidine groups is 1. The fourth-order valence-electron chi connectivity index (χ4n) is 1.31. The van der Waals surface area contributed by atoms with E-state index in [9.17, 15) is 0 Å². The Morgan fingerprint density at radius 2 is 2.12 bits per heavy atom. The highest BCUT2D eigenvalue weighted by Gasteiger charge is 2.06. The molecule has 0 radical (unpaired) electrons. The summed E-state index contributed by atoms with van der Waals surface area (Å²) in [6.07, 6.45) is 0. The average molecular weight is 254 g/mol. The molecule has 1 aromatic heterocycles. The number of rotatable bonds is 4. The smallest absolute Gasteiger partial charge is 0.191 e. The maximum Gasteiger partial charge on any atom is 0.191 e. The minimum absolute atomic E-state index is 0.378. The van der Waals surface area contributed by atoms with Gasteiger partial charge in [-0.05, 0) is 13.8 Å². The summed E-state index contributed by atoms with van der Waals surface area (Å²) < 4.78 is 0. The molecule has 0 aliphatic heterocycles. The minimum atomic E-state index is 0.378. The molecule has 0 bridgehead atoms. The Labute approximate surface area is 108 Å². The molecule has 0 saturated carbocycles. The van der Waals surface area contributed by atoms with Gasteiger partial charge >= 0.3 is 0 Å². The maximum atomic E-state index is 4.57. The second-order valence-electron chi connectivity index (χ2n) is 4.56. The molecule has 1 heterocycles.